The van der Waals surface area contributed by atoms with E-state index in [1.165, 1.54) is 17.7 Å². The first-order valence-electron chi connectivity index (χ1n) is 13.9. The highest BCUT2D eigenvalue weighted by Gasteiger charge is 2.26. The summed E-state index contributed by atoms with van der Waals surface area (Å²) in [5.41, 5.74) is 4.41. The zero-order chi connectivity index (χ0) is 26.5. The Morgan fingerprint density at radius 2 is 2.00 bits per heavy atom. The van der Waals surface area contributed by atoms with Crippen LogP contribution in [0.15, 0.2) is 36.4 Å². The molecular formula is C31H37FN2O4. The van der Waals surface area contributed by atoms with E-state index in [0.717, 1.165) is 75.2 Å². The summed E-state index contributed by atoms with van der Waals surface area (Å²) in [7, 11) is 0. The number of unbranched alkanes of at least 4 members (excludes halogenated alkanes) is 1. The van der Waals surface area contributed by atoms with E-state index in [9.17, 15) is 9.18 Å². The maximum Gasteiger partial charge on any atom is 0.227 e. The Morgan fingerprint density at radius 3 is 2.82 bits per heavy atom. The lowest BCUT2D eigenvalue weighted by atomic mass is 9.94. The predicted octanol–water partition coefficient (Wildman–Crippen LogP) is 6.54. The zero-order valence-electron chi connectivity index (χ0n) is 22.4. The molecule has 6 nitrogen and oxygen atoms in total. The van der Waals surface area contributed by atoms with Gasteiger partial charge in [0.25, 0.3) is 0 Å². The lowest BCUT2D eigenvalue weighted by Crippen LogP contribution is -2.37. The van der Waals surface area contributed by atoms with Gasteiger partial charge in [-0.2, -0.15) is 0 Å². The van der Waals surface area contributed by atoms with Crippen LogP contribution in [0.3, 0.4) is 0 Å². The molecule has 0 radical (unpaired) electrons. The summed E-state index contributed by atoms with van der Waals surface area (Å²) in [5, 5.41) is 0.676. The van der Waals surface area contributed by atoms with E-state index in [4.69, 9.17) is 19.2 Å². The third-order valence-electron chi connectivity index (χ3n) is 7.63. The van der Waals surface area contributed by atoms with Crippen LogP contribution in [0, 0.1) is 18.7 Å². The zero-order valence-corrected chi connectivity index (χ0v) is 22.4. The number of fused-ring (bicyclic) bond motifs is 2. The molecule has 1 saturated heterocycles. The van der Waals surface area contributed by atoms with Crippen molar-refractivity contribution in [2.45, 2.75) is 65.4 Å². The van der Waals surface area contributed by atoms with Gasteiger partial charge < -0.3 is 19.1 Å². The maximum atomic E-state index is 14.0. The third-order valence-corrected chi connectivity index (χ3v) is 7.63. The van der Waals surface area contributed by atoms with Gasteiger partial charge in [-0.15, -0.1) is 0 Å². The molecule has 1 amide bonds. The number of nitrogens with zero attached hydrogens (tertiary/aromatic N) is 2. The van der Waals surface area contributed by atoms with E-state index in [1.54, 1.807) is 6.07 Å². The second-order valence-electron chi connectivity index (χ2n) is 10.4. The standard InChI is InChI=1S/C31H37FN2O4/c1-3-4-14-37-31-21(2)28(33-27-10-8-24(32)18-26(27)31)20-38-25-9-7-23-6-5-13-34(29(23)19-25)30(35)17-22-11-15-36-16-12-22/h7-10,18-19,22H,3-6,11-17,20H2,1-2H3. The number of halogens is 1. The molecule has 0 atom stereocenters. The van der Waals surface area contributed by atoms with Crippen LogP contribution in [-0.4, -0.2) is 37.3 Å². The van der Waals surface area contributed by atoms with E-state index in [-0.39, 0.29) is 18.3 Å². The summed E-state index contributed by atoms with van der Waals surface area (Å²) >= 11 is 0. The summed E-state index contributed by atoms with van der Waals surface area (Å²) < 4.78 is 31.8. The van der Waals surface area contributed by atoms with E-state index >= 15 is 0 Å². The number of hydrogen-bond acceptors (Lipinski definition) is 5. The van der Waals surface area contributed by atoms with Crippen molar-refractivity contribution < 1.29 is 23.4 Å². The molecule has 3 heterocycles. The van der Waals surface area contributed by atoms with Crippen LogP contribution in [0.25, 0.3) is 10.9 Å². The van der Waals surface area contributed by atoms with Crippen LogP contribution >= 0.6 is 0 Å². The molecule has 0 spiro atoms. The summed E-state index contributed by atoms with van der Waals surface area (Å²) in [6.07, 6.45) is 6.32. The van der Waals surface area contributed by atoms with E-state index in [2.05, 4.69) is 13.0 Å². The highest BCUT2D eigenvalue weighted by molar-refractivity contribution is 5.95. The van der Waals surface area contributed by atoms with Gasteiger partial charge in [0.05, 0.1) is 23.5 Å². The van der Waals surface area contributed by atoms with Gasteiger partial charge in [0.1, 0.15) is 23.9 Å². The van der Waals surface area contributed by atoms with Crippen LogP contribution in [0.1, 0.15) is 62.3 Å². The first-order valence-corrected chi connectivity index (χ1v) is 13.9. The number of aryl methyl sites for hydroxylation is 1. The molecule has 0 saturated carbocycles. The largest absolute Gasteiger partial charge is 0.493 e. The number of carbonyl (C=O) groups excluding carboxylic acids is 1. The van der Waals surface area contributed by atoms with Crippen molar-refractivity contribution in [3.05, 3.63) is 59.0 Å². The number of ether oxygens (including phenoxy) is 3. The number of anilines is 1. The van der Waals surface area contributed by atoms with Crippen LogP contribution in [0.4, 0.5) is 10.1 Å². The van der Waals surface area contributed by atoms with Crippen molar-refractivity contribution >= 4 is 22.5 Å². The summed E-state index contributed by atoms with van der Waals surface area (Å²) in [4.78, 5) is 20.0. The van der Waals surface area contributed by atoms with E-state index in [0.29, 0.717) is 41.3 Å². The SMILES string of the molecule is CCCCOc1c(C)c(COc2ccc3c(c2)N(C(=O)CC2CCOCC2)CCC3)nc2ccc(F)cc12. The number of pyridine rings is 1. The first-order chi connectivity index (χ1) is 18.5. The van der Waals surface area contributed by atoms with Gasteiger partial charge >= 0.3 is 0 Å². The molecule has 202 valence electrons. The van der Waals surface area contributed by atoms with Crippen molar-refractivity contribution in [1.29, 1.82) is 0 Å². The molecular weight excluding hydrogens is 483 g/mol. The highest BCUT2D eigenvalue weighted by Crippen LogP contribution is 2.35. The summed E-state index contributed by atoms with van der Waals surface area (Å²) in [6.45, 7) is 7.09. The molecule has 7 heteroatoms. The number of rotatable bonds is 9. The molecule has 5 rings (SSSR count). The monoisotopic (exact) mass is 520 g/mol. The second-order valence-corrected chi connectivity index (χ2v) is 10.4. The number of aromatic nitrogens is 1. The van der Waals surface area contributed by atoms with Crippen LogP contribution in [0.5, 0.6) is 11.5 Å². The number of amides is 1. The average Bonchev–Trinajstić information content (AvgIpc) is 2.93. The van der Waals surface area contributed by atoms with Crippen LogP contribution in [-0.2, 0) is 22.6 Å². The average molecular weight is 521 g/mol. The number of hydrogen-bond donors (Lipinski definition) is 0. The fourth-order valence-electron chi connectivity index (χ4n) is 5.36. The molecule has 0 aliphatic carbocycles. The third kappa shape index (κ3) is 5.93. The van der Waals surface area contributed by atoms with Crippen molar-refractivity contribution in [1.82, 2.24) is 4.98 Å². The van der Waals surface area contributed by atoms with Crippen LogP contribution in [0.2, 0.25) is 0 Å². The van der Waals surface area contributed by atoms with Gasteiger partial charge in [0, 0.05) is 43.2 Å². The summed E-state index contributed by atoms with van der Waals surface area (Å²) in [5.74, 6) is 1.63. The predicted molar refractivity (Wildman–Crippen MR) is 146 cm³/mol. The molecule has 1 aromatic heterocycles. The minimum atomic E-state index is -0.312. The Labute approximate surface area is 224 Å². The Balaban J connectivity index is 1.35. The van der Waals surface area contributed by atoms with Gasteiger partial charge in [-0.3, -0.25) is 4.79 Å². The quantitative estimate of drug-likeness (QED) is 0.300. The van der Waals surface area contributed by atoms with Crippen molar-refractivity contribution in [3.8, 4) is 11.5 Å². The van der Waals surface area contributed by atoms with Gasteiger partial charge in [0.15, 0.2) is 0 Å². The fraction of sp³-hybridized carbons (Fsp3) is 0.484. The van der Waals surface area contributed by atoms with E-state index < -0.39 is 0 Å². The first kappa shape index (κ1) is 26.4. The van der Waals surface area contributed by atoms with E-state index in [1.807, 2.05) is 24.0 Å². The molecule has 2 aliphatic heterocycles. The molecule has 38 heavy (non-hydrogen) atoms. The molecule has 2 aromatic carbocycles. The van der Waals surface area contributed by atoms with Crippen molar-refractivity contribution in [2.75, 3.05) is 31.3 Å². The van der Waals surface area contributed by atoms with Gasteiger partial charge in [-0.1, -0.05) is 19.4 Å². The van der Waals surface area contributed by atoms with Gasteiger partial charge in [0.2, 0.25) is 5.91 Å². The number of benzene rings is 2. The highest BCUT2D eigenvalue weighted by atomic mass is 19.1. The second kappa shape index (κ2) is 12.1. The van der Waals surface area contributed by atoms with Gasteiger partial charge in [-0.25, -0.2) is 9.37 Å². The lowest BCUT2D eigenvalue weighted by molar-refractivity contribution is -0.120. The summed E-state index contributed by atoms with van der Waals surface area (Å²) in [6, 6.07) is 10.6. The van der Waals surface area contributed by atoms with Crippen molar-refractivity contribution in [3.63, 3.8) is 0 Å². The lowest BCUT2D eigenvalue weighted by Gasteiger charge is -2.32. The minimum absolute atomic E-state index is 0.183. The topological polar surface area (TPSA) is 60.9 Å². The van der Waals surface area contributed by atoms with Gasteiger partial charge in [-0.05, 0) is 74.8 Å². The Morgan fingerprint density at radius 1 is 1.16 bits per heavy atom. The molecule has 0 N–H and O–H groups in total. The minimum Gasteiger partial charge on any atom is -0.493 e. The molecule has 3 aromatic rings. The molecule has 1 fully saturated rings. The van der Waals surface area contributed by atoms with Crippen LogP contribution < -0.4 is 14.4 Å². The Kier molecular flexibility index (Phi) is 8.42. The van der Waals surface area contributed by atoms with Crippen molar-refractivity contribution in [2.24, 2.45) is 5.92 Å². The Bertz CT molecular complexity index is 1290. The molecule has 0 unspecified atom stereocenters. The Hall–Kier alpha value is -3.19. The molecule has 0 bridgehead atoms. The number of carbonyl (C=O) groups is 1. The normalized spacial score (nSPS) is 15.9. The smallest absolute Gasteiger partial charge is 0.227 e. The maximum absolute atomic E-state index is 14.0. The molecule has 2 aliphatic rings. The fourth-order valence-corrected chi connectivity index (χ4v) is 5.36.